The maximum absolute atomic E-state index is 4.42. The molecule has 1 saturated carbocycles. The van der Waals surface area contributed by atoms with Crippen LogP contribution in [0.25, 0.3) is 11.2 Å². The summed E-state index contributed by atoms with van der Waals surface area (Å²) in [5.74, 6) is 1.74. The van der Waals surface area contributed by atoms with Crippen molar-refractivity contribution >= 4 is 17.0 Å². The van der Waals surface area contributed by atoms with Crippen molar-refractivity contribution < 1.29 is 0 Å². The van der Waals surface area contributed by atoms with Gasteiger partial charge in [-0.3, -0.25) is 4.98 Å². The number of nitrogens with zero attached hydrogens (tertiary/aromatic N) is 3. The Labute approximate surface area is 94.1 Å². The van der Waals surface area contributed by atoms with E-state index in [1.54, 1.807) is 12.4 Å². The van der Waals surface area contributed by atoms with Crippen molar-refractivity contribution in [1.29, 1.82) is 0 Å². The molecule has 0 aliphatic heterocycles. The fourth-order valence-corrected chi connectivity index (χ4v) is 1.90. The number of hydrogen-bond acceptors (Lipinski definition) is 4. The first-order valence-corrected chi connectivity index (χ1v) is 5.73. The van der Waals surface area contributed by atoms with Gasteiger partial charge in [0.2, 0.25) is 0 Å². The highest BCUT2D eigenvalue weighted by Gasteiger charge is 2.16. The summed E-state index contributed by atoms with van der Waals surface area (Å²) in [6.45, 7) is 1.03. The second-order valence-electron chi connectivity index (χ2n) is 4.27. The van der Waals surface area contributed by atoms with Gasteiger partial charge in [-0.05, 0) is 30.9 Å². The van der Waals surface area contributed by atoms with Crippen molar-refractivity contribution in [3.8, 4) is 0 Å². The molecule has 4 heteroatoms. The summed E-state index contributed by atoms with van der Waals surface area (Å²) in [6, 6.07) is 3.92. The molecule has 0 unspecified atom stereocenters. The van der Waals surface area contributed by atoms with Crippen LogP contribution < -0.4 is 5.32 Å². The van der Waals surface area contributed by atoms with E-state index in [0.29, 0.717) is 5.65 Å². The average Bonchev–Trinajstić information content (AvgIpc) is 2.27. The maximum atomic E-state index is 4.42. The lowest BCUT2D eigenvalue weighted by molar-refractivity contribution is 0.333. The molecule has 2 aromatic rings. The number of anilines is 1. The molecule has 16 heavy (non-hydrogen) atoms. The molecular formula is C12H14N4. The quantitative estimate of drug-likeness (QED) is 0.851. The number of pyridine rings is 1. The summed E-state index contributed by atoms with van der Waals surface area (Å²) >= 11 is 0. The molecule has 4 nitrogen and oxygen atoms in total. The highest BCUT2D eigenvalue weighted by atomic mass is 15.0. The van der Waals surface area contributed by atoms with Crippen LogP contribution in [0, 0.1) is 5.92 Å². The van der Waals surface area contributed by atoms with Crippen molar-refractivity contribution in [2.45, 2.75) is 19.3 Å². The molecule has 1 N–H and O–H groups in total. The highest BCUT2D eigenvalue weighted by Crippen LogP contribution is 2.26. The van der Waals surface area contributed by atoms with E-state index < -0.39 is 0 Å². The molecule has 2 heterocycles. The monoisotopic (exact) mass is 214 g/mol. The Hall–Kier alpha value is -1.71. The fourth-order valence-electron chi connectivity index (χ4n) is 1.90. The number of fused-ring (bicyclic) bond motifs is 1. The first-order valence-electron chi connectivity index (χ1n) is 5.73. The van der Waals surface area contributed by atoms with Crippen LogP contribution in [0.3, 0.4) is 0 Å². The Bertz CT molecular complexity index is 493. The standard InChI is InChI=1S/C12H14N4/c1-2-9(3-1)8-15-11-5-4-10-12(16-11)14-7-6-13-10/h4-7,9H,1-3,8H2,(H,14,15,16). The molecule has 0 aromatic carbocycles. The molecular weight excluding hydrogens is 200 g/mol. The zero-order valence-electron chi connectivity index (χ0n) is 9.06. The summed E-state index contributed by atoms with van der Waals surface area (Å²) in [4.78, 5) is 12.8. The molecule has 0 saturated heterocycles. The summed E-state index contributed by atoms with van der Waals surface area (Å²) in [5, 5.41) is 3.36. The number of hydrogen-bond donors (Lipinski definition) is 1. The molecule has 0 radical (unpaired) electrons. The van der Waals surface area contributed by atoms with Gasteiger partial charge in [-0.2, -0.15) is 0 Å². The lowest BCUT2D eigenvalue weighted by Crippen LogP contribution is -2.21. The van der Waals surface area contributed by atoms with E-state index in [1.807, 2.05) is 12.1 Å². The SMILES string of the molecule is c1cnc2nc(NCC3CCC3)ccc2n1. The minimum Gasteiger partial charge on any atom is -0.370 e. The molecule has 1 aliphatic carbocycles. The highest BCUT2D eigenvalue weighted by molar-refractivity contribution is 5.71. The van der Waals surface area contributed by atoms with E-state index >= 15 is 0 Å². The van der Waals surface area contributed by atoms with Crippen LogP contribution in [0.5, 0.6) is 0 Å². The van der Waals surface area contributed by atoms with Gasteiger partial charge in [0.1, 0.15) is 11.3 Å². The first-order chi connectivity index (χ1) is 7.92. The van der Waals surface area contributed by atoms with Crippen molar-refractivity contribution in [2.24, 2.45) is 5.92 Å². The summed E-state index contributed by atoms with van der Waals surface area (Å²) < 4.78 is 0. The van der Waals surface area contributed by atoms with Gasteiger partial charge in [0.05, 0.1) is 0 Å². The fraction of sp³-hybridized carbons (Fsp3) is 0.417. The Morgan fingerprint density at radius 1 is 1.19 bits per heavy atom. The van der Waals surface area contributed by atoms with E-state index in [-0.39, 0.29) is 0 Å². The van der Waals surface area contributed by atoms with Gasteiger partial charge in [-0.15, -0.1) is 0 Å². The van der Waals surface area contributed by atoms with Gasteiger partial charge in [-0.25, -0.2) is 9.97 Å². The third-order valence-corrected chi connectivity index (χ3v) is 3.13. The van der Waals surface area contributed by atoms with Crippen LogP contribution in [0.1, 0.15) is 19.3 Å². The van der Waals surface area contributed by atoms with E-state index in [2.05, 4.69) is 20.3 Å². The van der Waals surface area contributed by atoms with Crippen molar-refractivity contribution in [1.82, 2.24) is 15.0 Å². The Morgan fingerprint density at radius 2 is 2.06 bits per heavy atom. The van der Waals surface area contributed by atoms with E-state index in [9.17, 15) is 0 Å². The van der Waals surface area contributed by atoms with Gasteiger partial charge in [0.15, 0.2) is 5.65 Å². The topological polar surface area (TPSA) is 50.7 Å². The van der Waals surface area contributed by atoms with Crippen LogP contribution in [-0.2, 0) is 0 Å². The molecule has 3 rings (SSSR count). The Morgan fingerprint density at radius 3 is 2.88 bits per heavy atom. The number of aromatic nitrogens is 3. The minimum atomic E-state index is 0.709. The molecule has 0 atom stereocenters. The van der Waals surface area contributed by atoms with Gasteiger partial charge >= 0.3 is 0 Å². The average molecular weight is 214 g/mol. The largest absolute Gasteiger partial charge is 0.370 e. The second-order valence-corrected chi connectivity index (χ2v) is 4.27. The zero-order valence-corrected chi connectivity index (χ0v) is 9.06. The zero-order chi connectivity index (χ0) is 10.8. The van der Waals surface area contributed by atoms with Gasteiger partial charge < -0.3 is 5.32 Å². The summed E-state index contributed by atoms with van der Waals surface area (Å²) in [7, 11) is 0. The molecule has 0 amide bonds. The predicted octanol–water partition coefficient (Wildman–Crippen LogP) is 2.24. The molecule has 2 aromatic heterocycles. The van der Waals surface area contributed by atoms with Crippen LogP contribution in [0.4, 0.5) is 5.82 Å². The molecule has 0 spiro atoms. The lowest BCUT2D eigenvalue weighted by Gasteiger charge is -2.25. The van der Waals surface area contributed by atoms with Crippen LogP contribution in [-0.4, -0.2) is 21.5 Å². The van der Waals surface area contributed by atoms with Crippen molar-refractivity contribution in [3.05, 3.63) is 24.5 Å². The van der Waals surface area contributed by atoms with Gasteiger partial charge in [-0.1, -0.05) is 6.42 Å². The number of rotatable bonds is 3. The minimum absolute atomic E-state index is 0.709. The van der Waals surface area contributed by atoms with E-state index in [4.69, 9.17) is 0 Å². The third-order valence-electron chi connectivity index (χ3n) is 3.13. The molecule has 1 fully saturated rings. The van der Waals surface area contributed by atoms with Crippen molar-refractivity contribution in [3.63, 3.8) is 0 Å². The third kappa shape index (κ3) is 1.83. The number of nitrogens with one attached hydrogen (secondary N) is 1. The maximum Gasteiger partial charge on any atom is 0.180 e. The Balaban J connectivity index is 1.76. The summed E-state index contributed by atoms with van der Waals surface area (Å²) in [5.41, 5.74) is 1.55. The van der Waals surface area contributed by atoms with Gasteiger partial charge in [0, 0.05) is 18.9 Å². The molecule has 1 aliphatic rings. The summed E-state index contributed by atoms with van der Waals surface area (Å²) in [6.07, 6.45) is 7.43. The molecule has 0 bridgehead atoms. The van der Waals surface area contributed by atoms with Crippen molar-refractivity contribution in [2.75, 3.05) is 11.9 Å². The van der Waals surface area contributed by atoms with Crippen LogP contribution in [0.2, 0.25) is 0 Å². The molecule has 82 valence electrons. The second kappa shape index (κ2) is 4.04. The predicted molar refractivity (Wildman–Crippen MR) is 63.2 cm³/mol. The normalized spacial score (nSPS) is 16.0. The van der Waals surface area contributed by atoms with Crippen LogP contribution >= 0.6 is 0 Å². The first kappa shape index (κ1) is 9.51. The smallest absolute Gasteiger partial charge is 0.180 e. The lowest BCUT2D eigenvalue weighted by atomic mass is 9.85. The van der Waals surface area contributed by atoms with Crippen LogP contribution in [0.15, 0.2) is 24.5 Å². The Kier molecular flexibility index (Phi) is 2.40. The van der Waals surface area contributed by atoms with E-state index in [0.717, 1.165) is 23.8 Å². The van der Waals surface area contributed by atoms with E-state index in [1.165, 1.54) is 19.3 Å². The van der Waals surface area contributed by atoms with Gasteiger partial charge in [0.25, 0.3) is 0 Å².